The molecule has 0 spiro atoms. The number of hydrogen-bond acceptors (Lipinski definition) is 6. The maximum absolute atomic E-state index is 13.2. The van der Waals surface area contributed by atoms with Gasteiger partial charge >= 0.3 is 0 Å². The van der Waals surface area contributed by atoms with Crippen LogP contribution in [0.2, 0.25) is 10.0 Å². The lowest BCUT2D eigenvalue weighted by molar-refractivity contribution is -0.121. The number of aromatic nitrogens is 1. The van der Waals surface area contributed by atoms with Crippen LogP contribution in [0.15, 0.2) is 58.9 Å². The highest BCUT2D eigenvalue weighted by atomic mass is 35.5. The molecule has 5 rings (SSSR count). The van der Waals surface area contributed by atoms with Crippen LogP contribution in [0.3, 0.4) is 0 Å². The van der Waals surface area contributed by atoms with Crippen molar-refractivity contribution in [1.82, 2.24) is 9.88 Å². The minimum Gasteiger partial charge on any atom is -0.311 e. The van der Waals surface area contributed by atoms with E-state index in [0.29, 0.717) is 27.4 Å². The molecule has 2 fully saturated rings. The molecule has 2 saturated heterocycles. The fourth-order valence-electron chi connectivity index (χ4n) is 4.67. The average molecular weight is 537 g/mol. The number of carbonyl (C=O) groups excluding carboxylic acids is 1. The van der Waals surface area contributed by atoms with E-state index < -0.39 is 10.0 Å². The quantitative estimate of drug-likeness (QED) is 0.487. The molecule has 3 aromatic rings. The molecule has 0 saturated carbocycles. The zero-order chi connectivity index (χ0) is 23.9. The molecule has 1 aromatic heterocycles. The van der Waals surface area contributed by atoms with Crippen LogP contribution >= 0.6 is 34.5 Å². The van der Waals surface area contributed by atoms with E-state index in [0.717, 1.165) is 31.5 Å². The van der Waals surface area contributed by atoms with Crippen molar-refractivity contribution in [2.75, 3.05) is 29.3 Å². The Bertz CT molecular complexity index is 1280. The first kappa shape index (κ1) is 23.6. The number of amides is 1. The number of benzene rings is 2. The molecule has 1 amide bonds. The zero-order valence-electron chi connectivity index (χ0n) is 18.0. The number of halogens is 2. The fourth-order valence-corrected chi connectivity index (χ4v) is 7.00. The van der Waals surface area contributed by atoms with Gasteiger partial charge in [-0.3, -0.25) is 14.4 Å². The maximum atomic E-state index is 13.2. The number of nitrogens with zero attached hydrogens (tertiary/aromatic N) is 3. The van der Waals surface area contributed by atoms with Crippen LogP contribution in [-0.2, 0) is 14.8 Å². The molecule has 3 heterocycles. The standard InChI is InChI=1S/C23H22Cl2N4O3S2/c24-17-11-16(12-18(25)13-17)15-5-8-28(14-15)21-6-9-29(22(21)30)19-1-3-20(4-2-19)34(31,32)27-23-26-7-10-33-23/h1-4,7,10-13,15,21H,5-6,8-9,14H2,(H,26,27)/t15-,21?/m1/s1. The van der Waals surface area contributed by atoms with Crippen LogP contribution in [0.1, 0.15) is 24.3 Å². The average Bonchev–Trinajstić information content (AvgIpc) is 3.54. The minimum absolute atomic E-state index is 0.0429. The Morgan fingerprint density at radius 1 is 1.03 bits per heavy atom. The normalized spacial score (nSPS) is 21.4. The van der Waals surface area contributed by atoms with Crippen LogP contribution in [0.5, 0.6) is 0 Å². The van der Waals surface area contributed by atoms with Gasteiger partial charge in [0.1, 0.15) is 0 Å². The van der Waals surface area contributed by atoms with E-state index in [1.807, 2.05) is 12.1 Å². The topological polar surface area (TPSA) is 82.6 Å². The Kier molecular flexibility index (Phi) is 6.56. The predicted octanol–water partition coefficient (Wildman–Crippen LogP) is 4.85. The van der Waals surface area contributed by atoms with Gasteiger partial charge in [0, 0.05) is 40.4 Å². The lowest BCUT2D eigenvalue weighted by Crippen LogP contribution is -2.40. The number of nitrogens with one attached hydrogen (secondary N) is 1. The Balaban J connectivity index is 1.25. The molecule has 11 heteroatoms. The molecule has 0 radical (unpaired) electrons. The van der Waals surface area contributed by atoms with Gasteiger partial charge in [0.25, 0.3) is 10.0 Å². The van der Waals surface area contributed by atoms with Crippen molar-refractivity contribution in [1.29, 1.82) is 0 Å². The van der Waals surface area contributed by atoms with Crippen molar-refractivity contribution >= 4 is 61.3 Å². The van der Waals surface area contributed by atoms with Gasteiger partial charge in [-0.1, -0.05) is 23.2 Å². The van der Waals surface area contributed by atoms with Gasteiger partial charge in [-0.15, -0.1) is 11.3 Å². The number of hydrogen-bond donors (Lipinski definition) is 1. The highest BCUT2D eigenvalue weighted by molar-refractivity contribution is 7.93. The predicted molar refractivity (Wildman–Crippen MR) is 136 cm³/mol. The summed E-state index contributed by atoms with van der Waals surface area (Å²) in [5.41, 5.74) is 1.79. The molecule has 178 valence electrons. The van der Waals surface area contributed by atoms with Crippen LogP contribution in [-0.4, -0.2) is 49.9 Å². The number of likely N-dealkylation sites (tertiary alicyclic amines) is 1. The van der Waals surface area contributed by atoms with Crippen LogP contribution < -0.4 is 9.62 Å². The Labute approximate surface area is 212 Å². The monoisotopic (exact) mass is 536 g/mol. The van der Waals surface area contributed by atoms with Crippen molar-refractivity contribution in [2.24, 2.45) is 0 Å². The van der Waals surface area contributed by atoms with Crippen molar-refractivity contribution < 1.29 is 13.2 Å². The van der Waals surface area contributed by atoms with E-state index in [2.05, 4.69) is 14.6 Å². The Morgan fingerprint density at radius 3 is 2.44 bits per heavy atom. The molecule has 2 aliphatic rings. The molecule has 0 aliphatic carbocycles. The summed E-state index contributed by atoms with van der Waals surface area (Å²) in [5, 5.41) is 3.25. The lowest BCUT2D eigenvalue weighted by Gasteiger charge is -2.23. The van der Waals surface area contributed by atoms with Gasteiger partial charge in [-0.05, 0) is 73.3 Å². The first-order chi connectivity index (χ1) is 16.3. The molecule has 2 aliphatic heterocycles. The summed E-state index contributed by atoms with van der Waals surface area (Å²) >= 11 is 13.6. The van der Waals surface area contributed by atoms with Crippen LogP contribution in [0.25, 0.3) is 0 Å². The molecule has 34 heavy (non-hydrogen) atoms. The zero-order valence-corrected chi connectivity index (χ0v) is 21.2. The second kappa shape index (κ2) is 9.47. The Morgan fingerprint density at radius 2 is 1.76 bits per heavy atom. The Hall–Kier alpha value is -2.17. The van der Waals surface area contributed by atoms with Crippen molar-refractivity contribution in [3.05, 3.63) is 69.7 Å². The fraction of sp³-hybridized carbons (Fsp3) is 0.304. The highest BCUT2D eigenvalue weighted by Gasteiger charge is 2.40. The molecule has 2 aromatic carbocycles. The first-order valence-electron chi connectivity index (χ1n) is 10.8. The van der Waals surface area contributed by atoms with E-state index in [9.17, 15) is 13.2 Å². The van der Waals surface area contributed by atoms with Gasteiger partial charge in [0.2, 0.25) is 5.91 Å². The molecular formula is C23H22Cl2N4O3S2. The van der Waals surface area contributed by atoms with E-state index in [1.165, 1.54) is 29.7 Å². The number of anilines is 2. The third-order valence-corrected chi connectivity index (χ3v) is 8.92. The van der Waals surface area contributed by atoms with Crippen molar-refractivity contribution in [3.8, 4) is 0 Å². The van der Waals surface area contributed by atoms with Gasteiger partial charge in [-0.2, -0.15) is 0 Å². The highest BCUT2D eigenvalue weighted by Crippen LogP contribution is 2.35. The smallest absolute Gasteiger partial charge is 0.263 e. The lowest BCUT2D eigenvalue weighted by atomic mass is 9.98. The largest absolute Gasteiger partial charge is 0.311 e. The molecular weight excluding hydrogens is 515 g/mol. The van der Waals surface area contributed by atoms with Gasteiger partial charge < -0.3 is 4.90 Å². The number of sulfonamides is 1. The summed E-state index contributed by atoms with van der Waals surface area (Å²) in [6.45, 7) is 2.20. The van der Waals surface area contributed by atoms with Gasteiger partial charge in [-0.25, -0.2) is 13.4 Å². The third kappa shape index (κ3) is 4.81. The van der Waals surface area contributed by atoms with E-state index >= 15 is 0 Å². The number of carbonyl (C=O) groups is 1. The minimum atomic E-state index is -3.73. The van der Waals surface area contributed by atoms with E-state index in [-0.39, 0.29) is 22.8 Å². The summed E-state index contributed by atoms with van der Waals surface area (Å²) < 4.78 is 27.6. The van der Waals surface area contributed by atoms with Crippen molar-refractivity contribution in [2.45, 2.75) is 29.7 Å². The molecule has 1 unspecified atom stereocenters. The molecule has 2 atom stereocenters. The van der Waals surface area contributed by atoms with Gasteiger partial charge in [0.15, 0.2) is 5.13 Å². The van der Waals surface area contributed by atoms with Crippen LogP contribution in [0, 0.1) is 0 Å². The second-order valence-corrected chi connectivity index (χ2v) is 11.9. The summed E-state index contributed by atoms with van der Waals surface area (Å²) in [5.74, 6) is 0.328. The molecule has 0 bridgehead atoms. The SMILES string of the molecule is O=C1C(N2CC[C@@H](c3cc(Cl)cc(Cl)c3)C2)CCN1c1ccc(S(=O)(=O)Nc2nccs2)cc1. The van der Waals surface area contributed by atoms with Crippen molar-refractivity contribution in [3.63, 3.8) is 0 Å². The second-order valence-electron chi connectivity index (χ2n) is 8.41. The van der Waals surface area contributed by atoms with E-state index in [1.54, 1.807) is 28.5 Å². The summed E-state index contributed by atoms with van der Waals surface area (Å²) in [4.78, 5) is 21.3. The van der Waals surface area contributed by atoms with Crippen LogP contribution in [0.4, 0.5) is 10.8 Å². The van der Waals surface area contributed by atoms with E-state index in [4.69, 9.17) is 23.2 Å². The number of rotatable bonds is 6. The number of thiazole rings is 1. The summed E-state index contributed by atoms with van der Waals surface area (Å²) in [7, 11) is -3.73. The summed E-state index contributed by atoms with van der Waals surface area (Å²) in [6, 6.07) is 11.8. The summed E-state index contributed by atoms with van der Waals surface area (Å²) in [6.07, 6.45) is 3.21. The van der Waals surface area contributed by atoms with Gasteiger partial charge in [0.05, 0.1) is 10.9 Å². The maximum Gasteiger partial charge on any atom is 0.263 e. The first-order valence-corrected chi connectivity index (χ1v) is 14.0. The third-order valence-electron chi connectivity index (χ3n) is 6.31. The molecule has 1 N–H and O–H groups in total. The molecule has 7 nitrogen and oxygen atoms in total.